The van der Waals surface area contributed by atoms with Crippen LogP contribution in [0.15, 0.2) is 23.6 Å². The molecule has 0 fully saturated rings. The molecule has 4 nitrogen and oxygen atoms in total. The van der Waals surface area contributed by atoms with Crippen LogP contribution in [-0.4, -0.2) is 30.2 Å². The first kappa shape index (κ1) is 9.80. The molecule has 1 N–H and O–H groups in total. The van der Waals surface area contributed by atoms with E-state index >= 15 is 0 Å². The number of ether oxygens (including phenoxy) is 1. The normalized spacial score (nSPS) is 15.8. The maximum absolute atomic E-state index is 10.1. The van der Waals surface area contributed by atoms with Crippen LogP contribution in [0.2, 0.25) is 0 Å². The molecular formula is C9H13NO3. The van der Waals surface area contributed by atoms with E-state index in [-0.39, 0.29) is 6.61 Å². The number of carbonyl (C=O) groups excluding carboxylic acids is 1. The van der Waals surface area contributed by atoms with Gasteiger partial charge in [0.2, 0.25) is 0 Å². The van der Waals surface area contributed by atoms with Gasteiger partial charge in [0.25, 0.3) is 0 Å². The number of rotatable bonds is 4. The molecular weight excluding hydrogens is 170 g/mol. The lowest BCUT2D eigenvalue weighted by atomic mass is 10.1. The fourth-order valence-electron chi connectivity index (χ4n) is 1.19. The molecule has 1 rings (SSSR count). The second kappa shape index (κ2) is 4.67. The van der Waals surface area contributed by atoms with E-state index in [1.54, 1.807) is 0 Å². The summed E-state index contributed by atoms with van der Waals surface area (Å²) in [5, 5.41) is 10.2. The molecule has 1 aliphatic rings. The number of hydrogen-bond donors (Lipinski definition) is 1. The maximum Gasteiger partial charge on any atom is 0.157 e. The molecule has 0 bridgehead atoms. The van der Waals surface area contributed by atoms with Crippen LogP contribution >= 0.6 is 0 Å². The van der Waals surface area contributed by atoms with Crippen LogP contribution in [0.5, 0.6) is 0 Å². The van der Waals surface area contributed by atoms with Crippen LogP contribution in [-0.2, 0) is 9.53 Å². The quantitative estimate of drug-likeness (QED) is 0.523. The van der Waals surface area contributed by atoms with Crippen molar-refractivity contribution in [2.75, 3.05) is 13.7 Å². The third kappa shape index (κ3) is 2.59. The molecule has 0 atom stereocenters. The molecule has 0 unspecified atom stereocenters. The first-order chi connectivity index (χ1) is 6.25. The highest BCUT2D eigenvalue weighted by atomic mass is 16.5. The van der Waals surface area contributed by atoms with Crippen LogP contribution < -0.4 is 0 Å². The minimum atomic E-state index is 0.0248. The Labute approximate surface area is 77.1 Å². The van der Waals surface area contributed by atoms with Crippen molar-refractivity contribution in [2.24, 2.45) is 0 Å². The highest BCUT2D eigenvalue weighted by Gasteiger charge is 2.12. The Morgan fingerprint density at radius 3 is 2.92 bits per heavy atom. The average Bonchev–Trinajstić information content (AvgIpc) is 2.15. The Hall–Kier alpha value is -1.29. The monoisotopic (exact) mass is 183 g/mol. The number of nitrogens with zero attached hydrogens (tertiary/aromatic N) is 1. The van der Waals surface area contributed by atoms with E-state index < -0.39 is 0 Å². The smallest absolute Gasteiger partial charge is 0.157 e. The zero-order valence-corrected chi connectivity index (χ0v) is 7.56. The van der Waals surface area contributed by atoms with Gasteiger partial charge in [-0.25, -0.2) is 0 Å². The van der Waals surface area contributed by atoms with Crippen molar-refractivity contribution in [1.82, 2.24) is 5.06 Å². The summed E-state index contributed by atoms with van der Waals surface area (Å²) < 4.78 is 5.13. The predicted molar refractivity (Wildman–Crippen MR) is 47.0 cm³/mol. The fourth-order valence-corrected chi connectivity index (χ4v) is 1.19. The van der Waals surface area contributed by atoms with Gasteiger partial charge >= 0.3 is 0 Å². The SMILES string of the molecule is CN(O)C1=CCCC=C1OCC=O. The van der Waals surface area contributed by atoms with Crippen LogP contribution in [0.4, 0.5) is 0 Å². The summed E-state index contributed by atoms with van der Waals surface area (Å²) in [5.41, 5.74) is 0.619. The van der Waals surface area contributed by atoms with Gasteiger partial charge in [-0.15, -0.1) is 0 Å². The standard InChI is InChI=1S/C9H13NO3/c1-10(12)8-4-2-3-5-9(8)13-7-6-11/h4-6,12H,2-3,7H2,1H3. The lowest BCUT2D eigenvalue weighted by Crippen LogP contribution is -2.17. The van der Waals surface area contributed by atoms with Gasteiger partial charge < -0.3 is 4.74 Å². The molecule has 72 valence electrons. The summed E-state index contributed by atoms with van der Waals surface area (Å²) in [5.74, 6) is 0.573. The number of hydroxylamine groups is 2. The Balaban J connectivity index is 2.63. The first-order valence-corrected chi connectivity index (χ1v) is 4.15. The van der Waals surface area contributed by atoms with Crippen LogP contribution in [0.25, 0.3) is 0 Å². The van der Waals surface area contributed by atoms with Crippen LogP contribution in [0, 0.1) is 0 Å². The van der Waals surface area contributed by atoms with Crippen molar-refractivity contribution >= 4 is 6.29 Å². The second-order valence-electron chi connectivity index (χ2n) is 2.74. The zero-order chi connectivity index (χ0) is 9.68. The number of hydrogen-bond acceptors (Lipinski definition) is 4. The van der Waals surface area contributed by atoms with E-state index in [2.05, 4.69) is 0 Å². The van der Waals surface area contributed by atoms with Gasteiger partial charge in [0, 0.05) is 7.05 Å². The second-order valence-corrected chi connectivity index (χ2v) is 2.74. The number of aldehydes is 1. The van der Waals surface area contributed by atoms with E-state index in [0.29, 0.717) is 17.7 Å². The Bertz CT molecular complexity index is 243. The van der Waals surface area contributed by atoms with Gasteiger partial charge in [-0.2, -0.15) is 0 Å². The molecule has 0 saturated carbocycles. The average molecular weight is 183 g/mol. The highest BCUT2D eigenvalue weighted by Crippen LogP contribution is 2.20. The van der Waals surface area contributed by atoms with Gasteiger partial charge in [0.1, 0.15) is 18.1 Å². The molecule has 0 amide bonds. The summed E-state index contributed by atoms with van der Waals surface area (Å²) in [6, 6.07) is 0. The molecule has 0 radical (unpaired) electrons. The van der Waals surface area contributed by atoms with Crippen molar-refractivity contribution in [3.05, 3.63) is 23.6 Å². The lowest BCUT2D eigenvalue weighted by Gasteiger charge is -2.20. The Morgan fingerprint density at radius 2 is 2.31 bits per heavy atom. The minimum Gasteiger partial charge on any atom is -0.484 e. The fraction of sp³-hybridized carbons (Fsp3) is 0.444. The van der Waals surface area contributed by atoms with Crippen molar-refractivity contribution in [3.8, 4) is 0 Å². The van der Waals surface area contributed by atoms with Crippen LogP contribution in [0.1, 0.15) is 12.8 Å². The van der Waals surface area contributed by atoms with Gasteiger partial charge in [0.05, 0.1) is 0 Å². The molecule has 0 saturated heterocycles. The van der Waals surface area contributed by atoms with E-state index in [0.717, 1.165) is 17.9 Å². The van der Waals surface area contributed by atoms with Gasteiger partial charge in [-0.05, 0) is 18.9 Å². The van der Waals surface area contributed by atoms with E-state index in [9.17, 15) is 10.0 Å². The van der Waals surface area contributed by atoms with Crippen molar-refractivity contribution in [2.45, 2.75) is 12.8 Å². The Morgan fingerprint density at radius 1 is 1.62 bits per heavy atom. The first-order valence-electron chi connectivity index (χ1n) is 4.15. The Kier molecular flexibility index (Phi) is 3.52. The highest BCUT2D eigenvalue weighted by molar-refractivity contribution is 5.51. The van der Waals surface area contributed by atoms with Gasteiger partial charge in [0.15, 0.2) is 6.29 Å². The van der Waals surface area contributed by atoms with E-state index in [4.69, 9.17) is 4.74 Å². The summed E-state index contributed by atoms with van der Waals surface area (Å²) in [7, 11) is 1.52. The molecule has 0 spiro atoms. The van der Waals surface area contributed by atoms with Crippen molar-refractivity contribution < 1.29 is 14.7 Å². The zero-order valence-electron chi connectivity index (χ0n) is 7.56. The largest absolute Gasteiger partial charge is 0.484 e. The molecule has 0 heterocycles. The molecule has 0 aromatic heterocycles. The topological polar surface area (TPSA) is 49.8 Å². The van der Waals surface area contributed by atoms with E-state index in [1.807, 2.05) is 12.2 Å². The van der Waals surface area contributed by atoms with Gasteiger partial charge in [-0.3, -0.25) is 15.1 Å². The molecule has 1 aliphatic carbocycles. The molecule has 4 heteroatoms. The lowest BCUT2D eigenvalue weighted by molar-refractivity contribution is -0.111. The molecule has 0 aliphatic heterocycles. The van der Waals surface area contributed by atoms with Crippen molar-refractivity contribution in [3.63, 3.8) is 0 Å². The third-order valence-electron chi connectivity index (χ3n) is 1.74. The number of allylic oxidation sites excluding steroid dienone is 2. The molecule has 0 aromatic carbocycles. The maximum atomic E-state index is 10.1. The number of likely N-dealkylation sites (N-methyl/N-ethyl adjacent to an activating group) is 1. The van der Waals surface area contributed by atoms with Crippen LogP contribution in [0.3, 0.4) is 0 Å². The predicted octanol–water partition coefficient (Wildman–Crippen LogP) is 1.08. The summed E-state index contributed by atoms with van der Waals surface area (Å²) in [6.07, 6.45) is 6.19. The van der Waals surface area contributed by atoms with E-state index in [1.165, 1.54) is 7.05 Å². The molecule has 0 aromatic rings. The van der Waals surface area contributed by atoms with Gasteiger partial charge in [-0.1, -0.05) is 6.08 Å². The third-order valence-corrected chi connectivity index (χ3v) is 1.74. The minimum absolute atomic E-state index is 0.0248. The number of carbonyl (C=O) groups is 1. The molecule has 13 heavy (non-hydrogen) atoms. The summed E-state index contributed by atoms with van der Waals surface area (Å²) in [4.78, 5) is 10.1. The van der Waals surface area contributed by atoms with Crippen molar-refractivity contribution in [1.29, 1.82) is 0 Å². The summed E-state index contributed by atoms with van der Waals surface area (Å²) >= 11 is 0. The summed E-state index contributed by atoms with van der Waals surface area (Å²) in [6.45, 7) is 0.0248.